The summed E-state index contributed by atoms with van der Waals surface area (Å²) in [6.07, 6.45) is 0.879. The van der Waals surface area contributed by atoms with E-state index >= 15 is 0 Å². The number of anilines is 1. The fourth-order valence-corrected chi connectivity index (χ4v) is 4.45. The fourth-order valence-electron chi connectivity index (χ4n) is 4.45. The second kappa shape index (κ2) is 9.85. The molecule has 1 atom stereocenters. The van der Waals surface area contributed by atoms with Gasteiger partial charge >= 0.3 is 12.6 Å². The molecule has 1 aliphatic rings. The van der Waals surface area contributed by atoms with Gasteiger partial charge in [0, 0.05) is 27.6 Å². The number of hydrogen-bond donors (Lipinski definition) is 1. The number of carbonyl (C=O) groups is 2. The van der Waals surface area contributed by atoms with Crippen LogP contribution in [0.2, 0.25) is 0 Å². The van der Waals surface area contributed by atoms with Gasteiger partial charge in [0.05, 0.1) is 24.6 Å². The van der Waals surface area contributed by atoms with Crippen molar-refractivity contribution < 1.29 is 37.3 Å². The Morgan fingerprint density at radius 2 is 1.80 bits per heavy atom. The molecule has 0 bridgehead atoms. The second-order valence-corrected chi connectivity index (χ2v) is 8.18. The minimum Gasteiger partial charge on any atom is -0.493 e. The van der Waals surface area contributed by atoms with Crippen molar-refractivity contribution in [2.45, 2.75) is 45.8 Å². The van der Waals surface area contributed by atoms with E-state index in [0.29, 0.717) is 35.1 Å². The molecule has 1 amide bonds. The molecule has 1 aliphatic heterocycles. The van der Waals surface area contributed by atoms with Crippen molar-refractivity contribution in [3.63, 3.8) is 0 Å². The van der Waals surface area contributed by atoms with E-state index in [9.17, 15) is 27.9 Å². The van der Waals surface area contributed by atoms with Gasteiger partial charge in [-0.05, 0) is 25.0 Å². The van der Waals surface area contributed by atoms with Crippen molar-refractivity contribution in [2.75, 3.05) is 11.5 Å². The van der Waals surface area contributed by atoms with Crippen LogP contribution in [-0.4, -0.2) is 30.2 Å². The largest absolute Gasteiger partial charge is 0.493 e. The molecule has 1 unspecified atom stereocenters. The van der Waals surface area contributed by atoms with E-state index in [4.69, 9.17) is 9.47 Å². The van der Waals surface area contributed by atoms with Gasteiger partial charge < -0.3 is 19.5 Å². The molecular weight excluding hydrogens is 463 g/mol. The number of halogens is 3. The van der Waals surface area contributed by atoms with Gasteiger partial charge in [-0.1, -0.05) is 44.2 Å². The van der Waals surface area contributed by atoms with Crippen molar-refractivity contribution in [1.82, 2.24) is 0 Å². The van der Waals surface area contributed by atoms with Gasteiger partial charge in [0.1, 0.15) is 17.3 Å². The first-order chi connectivity index (χ1) is 16.8. The molecular formula is C26H24F3NO5. The van der Waals surface area contributed by atoms with Crippen molar-refractivity contribution in [1.29, 1.82) is 0 Å². The molecule has 0 saturated heterocycles. The van der Waals surface area contributed by atoms with Crippen molar-refractivity contribution in [2.24, 2.45) is 0 Å². The highest BCUT2D eigenvalue weighted by molar-refractivity contribution is 6.16. The van der Waals surface area contributed by atoms with Crippen LogP contribution < -0.4 is 14.4 Å². The third-order valence-corrected chi connectivity index (χ3v) is 6.03. The molecule has 0 spiro atoms. The molecule has 0 fully saturated rings. The van der Waals surface area contributed by atoms with Crippen molar-refractivity contribution >= 4 is 28.3 Å². The summed E-state index contributed by atoms with van der Waals surface area (Å²) in [5.74, 6) is -3.44. The van der Waals surface area contributed by atoms with Crippen LogP contribution in [0.1, 0.15) is 54.1 Å². The summed E-state index contributed by atoms with van der Waals surface area (Å²) in [5.41, 5.74) is 0.490. The predicted octanol–water partition coefficient (Wildman–Crippen LogP) is 6.11. The van der Waals surface area contributed by atoms with Gasteiger partial charge in [-0.25, -0.2) is 4.39 Å². The van der Waals surface area contributed by atoms with Crippen LogP contribution in [0, 0.1) is 5.82 Å². The first-order valence-electron chi connectivity index (χ1n) is 11.3. The first-order valence-corrected chi connectivity index (χ1v) is 11.3. The molecule has 0 aliphatic carbocycles. The number of ether oxygens (including phenoxy) is 2. The van der Waals surface area contributed by atoms with Gasteiger partial charge in [0.2, 0.25) is 0 Å². The Labute approximate surface area is 199 Å². The quantitative estimate of drug-likeness (QED) is 0.394. The molecule has 184 valence electrons. The number of hydrogen-bond acceptors (Lipinski definition) is 4. The first kappa shape index (κ1) is 24.4. The molecule has 4 rings (SSSR count). The summed E-state index contributed by atoms with van der Waals surface area (Å²) in [7, 11) is 0. The molecule has 1 N–H and O–H groups in total. The third kappa shape index (κ3) is 4.38. The summed E-state index contributed by atoms with van der Waals surface area (Å²) in [6, 6.07) is 10.5. The van der Waals surface area contributed by atoms with Crippen LogP contribution in [0.25, 0.3) is 10.8 Å². The number of carboxylic acids is 1. The van der Waals surface area contributed by atoms with E-state index in [1.165, 1.54) is 17.0 Å². The number of rotatable bonds is 9. The van der Waals surface area contributed by atoms with Crippen LogP contribution >= 0.6 is 0 Å². The number of carbonyl (C=O) groups excluding carboxylic acids is 1. The van der Waals surface area contributed by atoms with E-state index in [2.05, 4.69) is 0 Å². The van der Waals surface area contributed by atoms with E-state index in [0.717, 1.165) is 6.07 Å². The SMILES string of the molecule is CCCOc1c2c(c(OC(F)F)c3ccccc13)C(=O)N(c1ccc(C(CC)C(=O)O)c(F)c1)C2. The minimum atomic E-state index is -3.16. The Balaban J connectivity index is 1.85. The zero-order valence-corrected chi connectivity index (χ0v) is 19.2. The molecule has 3 aromatic rings. The van der Waals surface area contributed by atoms with Gasteiger partial charge in [-0.2, -0.15) is 8.78 Å². The summed E-state index contributed by atoms with van der Waals surface area (Å²) in [6.45, 7) is 0.688. The highest BCUT2D eigenvalue weighted by Crippen LogP contribution is 2.46. The van der Waals surface area contributed by atoms with Crippen molar-refractivity contribution in [3.8, 4) is 11.5 Å². The molecule has 6 nitrogen and oxygen atoms in total. The Morgan fingerprint density at radius 3 is 2.37 bits per heavy atom. The van der Waals surface area contributed by atoms with Crippen LogP contribution in [0.3, 0.4) is 0 Å². The lowest BCUT2D eigenvalue weighted by Gasteiger charge is -2.18. The number of aliphatic carboxylic acids is 1. The number of nitrogens with zero attached hydrogens (tertiary/aromatic N) is 1. The molecule has 0 aromatic heterocycles. The summed E-state index contributed by atoms with van der Waals surface area (Å²) in [4.78, 5) is 26.2. The third-order valence-electron chi connectivity index (χ3n) is 6.03. The topological polar surface area (TPSA) is 76.1 Å². The van der Waals surface area contributed by atoms with Crippen molar-refractivity contribution in [3.05, 3.63) is 65.0 Å². The van der Waals surface area contributed by atoms with E-state index < -0.39 is 30.2 Å². The maximum absolute atomic E-state index is 14.9. The molecule has 0 saturated carbocycles. The zero-order valence-electron chi connectivity index (χ0n) is 19.2. The van der Waals surface area contributed by atoms with Crippen LogP contribution in [0.15, 0.2) is 42.5 Å². The number of amides is 1. The lowest BCUT2D eigenvalue weighted by Crippen LogP contribution is -2.24. The van der Waals surface area contributed by atoms with E-state index in [1.54, 1.807) is 31.2 Å². The smallest absolute Gasteiger partial charge is 0.387 e. The summed E-state index contributed by atoms with van der Waals surface area (Å²) in [5, 5.41) is 10.2. The predicted molar refractivity (Wildman–Crippen MR) is 124 cm³/mol. The molecule has 3 aromatic carbocycles. The molecule has 35 heavy (non-hydrogen) atoms. The van der Waals surface area contributed by atoms with Gasteiger partial charge in [0.25, 0.3) is 5.91 Å². The Kier molecular flexibility index (Phi) is 6.86. The number of fused-ring (bicyclic) bond motifs is 2. The average Bonchev–Trinajstić information content (AvgIpc) is 3.16. The minimum absolute atomic E-state index is 0.00680. The summed E-state index contributed by atoms with van der Waals surface area (Å²) < 4.78 is 52.4. The highest BCUT2D eigenvalue weighted by atomic mass is 19.3. The molecule has 1 heterocycles. The zero-order chi connectivity index (χ0) is 25.3. The molecule has 0 radical (unpaired) electrons. The number of alkyl halides is 2. The van der Waals surface area contributed by atoms with Gasteiger partial charge in [-0.3, -0.25) is 9.59 Å². The lowest BCUT2D eigenvalue weighted by atomic mass is 9.96. The highest BCUT2D eigenvalue weighted by Gasteiger charge is 2.38. The Morgan fingerprint density at radius 1 is 1.11 bits per heavy atom. The van der Waals surface area contributed by atoms with Gasteiger partial charge in [0.15, 0.2) is 0 Å². The lowest BCUT2D eigenvalue weighted by molar-refractivity contribution is -0.138. The maximum Gasteiger partial charge on any atom is 0.387 e. The van der Waals surface area contributed by atoms with Crippen LogP contribution in [0.4, 0.5) is 18.9 Å². The Bertz CT molecular complexity index is 1290. The van der Waals surface area contributed by atoms with E-state index in [1.807, 2.05) is 6.92 Å². The monoisotopic (exact) mass is 487 g/mol. The average molecular weight is 487 g/mol. The normalized spacial score (nSPS) is 13.9. The van der Waals surface area contributed by atoms with Gasteiger partial charge in [-0.15, -0.1) is 0 Å². The fraction of sp³-hybridized carbons (Fsp3) is 0.308. The number of benzene rings is 3. The standard InChI is InChI=1S/C26H24F3NO5/c1-3-11-34-22-17-7-5-6-8-18(17)23(35-26(28)29)21-19(22)13-30(24(21)31)14-9-10-16(20(27)12-14)15(4-2)25(32)33/h5-10,12,15,26H,3-4,11,13H2,1-2H3,(H,32,33). The van der Waals surface area contributed by atoms with E-state index in [-0.39, 0.29) is 35.5 Å². The summed E-state index contributed by atoms with van der Waals surface area (Å²) >= 11 is 0. The van der Waals surface area contributed by atoms with Crippen LogP contribution in [-0.2, 0) is 11.3 Å². The molecule has 9 heteroatoms. The maximum atomic E-state index is 14.9. The second-order valence-electron chi connectivity index (χ2n) is 8.18. The van der Waals surface area contributed by atoms with Crippen LogP contribution in [0.5, 0.6) is 11.5 Å². The number of carboxylic acid groups (broad SMARTS) is 1. The Hall–Kier alpha value is -3.75.